The molecule has 0 unspecified atom stereocenters. The highest BCUT2D eigenvalue weighted by Gasteiger charge is 2.16. The number of thioether (sulfide) groups is 1. The Kier molecular flexibility index (Phi) is 6.22. The third kappa shape index (κ3) is 4.70. The minimum absolute atomic E-state index is 0.00210. The van der Waals surface area contributed by atoms with E-state index in [2.05, 4.69) is 11.4 Å². The Hall–Kier alpha value is -1.00. The first kappa shape index (κ1) is 15.1. The number of benzene rings is 1. The third-order valence-electron chi connectivity index (χ3n) is 2.87. The van der Waals surface area contributed by atoms with Crippen LogP contribution in [0.2, 0.25) is 0 Å². The molecule has 0 saturated carbocycles. The van der Waals surface area contributed by atoms with E-state index in [4.69, 9.17) is 5.73 Å². The largest absolute Gasteiger partial charge is 0.348 e. The molecule has 0 aliphatic heterocycles. The van der Waals surface area contributed by atoms with Crippen molar-refractivity contribution >= 4 is 17.7 Å². The van der Waals surface area contributed by atoms with Gasteiger partial charge >= 0.3 is 0 Å². The molecular weight excluding hydrogens is 244 g/mol. The second kappa shape index (κ2) is 7.44. The molecule has 3 N–H and O–H groups in total. The Morgan fingerprint density at radius 2 is 2.22 bits per heavy atom. The highest BCUT2D eigenvalue weighted by molar-refractivity contribution is 7.98. The third-order valence-corrected chi connectivity index (χ3v) is 3.51. The van der Waals surface area contributed by atoms with Crippen LogP contribution in [0.25, 0.3) is 0 Å². The van der Waals surface area contributed by atoms with E-state index in [-0.39, 0.29) is 11.9 Å². The van der Waals surface area contributed by atoms with Gasteiger partial charge in [0.25, 0.3) is 0 Å². The number of hydrogen-bond acceptors (Lipinski definition) is 3. The quantitative estimate of drug-likeness (QED) is 0.830. The van der Waals surface area contributed by atoms with Gasteiger partial charge in [0.05, 0.1) is 12.1 Å². The molecule has 1 aromatic carbocycles. The van der Waals surface area contributed by atoms with Gasteiger partial charge in [0, 0.05) is 0 Å². The van der Waals surface area contributed by atoms with Crippen molar-refractivity contribution in [2.75, 3.05) is 12.0 Å². The average Bonchev–Trinajstić information content (AvgIpc) is 2.35. The number of nitrogens with one attached hydrogen (secondary N) is 1. The molecule has 4 heteroatoms. The highest BCUT2D eigenvalue weighted by Crippen LogP contribution is 2.14. The molecule has 18 heavy (non-hydrogen) atoms. The number of hydrogen-bond donors (Lipinski definition) is 2. The molecule has 1 aromatic rings. The van der Waals surface area contributed by atoms with Crippen molar-refractivity contribution in [3.63, 3.8) is 0 Å². The minimum Gasteiger partial charge on any atom is -0.348 e. The molecule has 3 nitrogen and oxygen atoms in total. The Bertz CT molecular complexity index is 395. The lowest BCUT2D eigenvalue weighted by atomic mass is 10.1. The zero-order valence-corrected chi connectivity index (χ0v) is 12.1. The maximum Gasteiger partial charge on any atom is 0.237 e. The minimum atomic E-state index is -0.412. The monoisotopic (exact) mass is 266 g/mol. The van der Waals surface area contributed by atoms with Crippen molar-refractivity contribution in [1.82, 2.24) is 5.32 Å². The Labute approximate surface area is 114 Å². The second-order valence-electron chi connectivity index (χ2n) is 4.53. The van der Waals surface area contributed by atoms with E-state index in [1.807, 2.05) is 38.3 Å². The molecule has 0 saturated heterocycles. The Morgan fingerprint density at radius 1 is 1.50 bits per heavy atom. The van der Waals surface area contributed by atoms with Crippen molar-refractivity contribution in [3.05, 3.63) is 35.4 Å². The molecule has 0 fully saturated rings. The van der Waals surface area contributed by atoms with Crippen LogP contribution in [0.3, 0.4) is 0 Å². The van der Waals surface area contributed by atoms with Crippen molar-refractivity contribution in [2.45, 2.75) is 32.4 Å². The summed E-state index contributed by atoms with van der Waals surface area (Å²) in [6.45, 7) is 4.02. The summed E-state index contributed by atoms with van der Waals surface area (Å²) in [5.41, 5.74) is 8.14. The number of rotatable bonds is 6. The number of amides is 1. The summed E-state index contributed by atoms with van der Waals surface area (Å²) in [4.78, 5) is 11.9. The standard InChI is InChI=1S/C14H22N2OS/c1-10-5-4-6-12(9-10)11(2)16-14(17)13(15)7-8-18-3/h4-6,9,11,13H,7-8,15H2,1-3H3,(H,16,17)/t11-,13-/m0/s1. The molecular formula is C14H22N2OS. The smallest absolute Gasteiger partial charge is 0.237 e. The van der Waals surface area contributed by atoms with Gasteiger partial charge in [-0.25, -0.2) is 0 Å². The molecule has 1 amide bonds. The van der Waals surface area contributed by atoms with Crippen molar-refractivity contribution < 1.29 is 4.79 Å². The van der Waals surface area contributed by atoms with Crippen LogP contribution >= 0.6 is 11.8 Å². The summed E-state index contributed by atoms with van der Waals surface area (Å²) < 4.78 is 0. The fourth-order valence-electron chi connectivity index (χ4n) is 1.72. The van der Waals surface area contributed by atoms with E-state index in [1.165, 1.54) is 5.56 Å². The summed E-state index contributed by atoms with van der Waals surface area (Å²) in [5.74, 6) is 0.839. The van der Waals surface area contributed by atoms with Crippen molar-refractivity contribution in [3.8, 4) is 0 Å². The maximum absolute atomic E-state index is 11.9. The Balaban J connectivity index is 2.54. The molecule has 0 radical (unpaired) electrons. The van der Waals surface area contributed by atoms with Gasteiger partial charge in [-0.3, -0.25) is 4.79 Å². The van der Waals surface area contributed by atoms with E-state index in [0.717, 1.165) is 11.3 Å². The predicted octanol–water partition coefficient (Wildman–Crippen LogP) is 2.25. The average molecular weight is 266 g/mol. The van der Waals surface area contributed by atoms with Crippen LogP contribution in [-0.4, -0.2) is 24.0 Å². The van der Waals surface area contributed by atoms with E-state index >= 15 is 0 Å². The van der Waals surface area contributed by atoms with Gasteiger partial charge in [-0.05, 0) is 37.8 Å². The summed E-state index contributed by atoms with van der Waals surface area (Å²) in [7, 11) is 0. The molecule has 0 heterocycles. The van der Waals surface area contributed by atoms with Gasteiger partial charge in [-0.2, -0.15) is 11.8 Å². The van der Waals surface area contributed by atoms with Crippen molar-refractivity contribution in [2.24, 2.45) is 5.73 Å². The lowest BCUT2D eigenvalue weighted by molar-refractivity contribution is -0.123. The molecule has 0 aliphatic carbocycles. The number of carbonyl (C=O) groups excluding carboxylic acids is 1. The SMILES string of the molecule is CSCC[C@H](N)C(=O)N[C@@H](C)c1cccc(C)c1. The second-order valence-corrected chi connectivity index (χ2v) is 5.52. The number of carbonyl (C=O) groups is 1. The van der Waals surface area contributed by atoms with Crippen molar-refractivity contribution in [1.29, 1.82) is 0 Å². The van der Waals surface area contributed by atoms with E-state index in [1.54, 1.807) is 11.8 Å². The molecule has 2 atom stereocenters. The van der Waals surface area contributed by atoms with Crippen LogP contribution in [0.5, 0.6) is 0 Å². The maximum atomic E-state index is 11.9. The first-order chi connectivity index (χ1) is 8.54. The molecule has 1 rings (SSSR count). The van der Waals surface area contributed by atoms with E-state index in [0.29, 0.717) is 6.42 Å². The first-order valence-corrected chi connectivity index (χ1v) is 7.55. The summed E-state index contributed by atoms with van der Waals surface area (Å²) in [5, 5.41) is 2.96. The summed E-state index contributed by atoms with van der Waals surface area (Å²) in [6, 6.07) is 7.73. The lowest BCUT2D eigenvalue weighted by Gasteiger charge is -2.18. The summed E-state index contributed by atoms with van der Waals surface area (Å²) in [6.07, 6.45) is 2.73. The molecule has 0 aliphatic rings. The van der Waals surface area contributed by atoms with Crippen LogP contribution < -0.4 is 11.1 Å². The summed E-state index contributed by atoms with van der Waals surface area (Å²) >= 11 is 1.70. The van der Waals surface area contributed by atoms with Gasteiger partial charge < -0.3 is 11.1 Å². The predicted molar refractivity (Wildman–Crippen MR) is 78.7 cm³/mol. The van der Waals surface area contributed by atoms with Crippen LogP contribution in [-0.2, 0) is 4.79 Å². The molecule has 0 aromatic heterocycles. The van der Waals surface area contributed by atoms with E-state index < -0.39 is 6.04 Å². The topological polar surface area (TPSA) is 55.1 Å². The normalized spacial score (nSPS) is 14.0. The fraction of sp³-hybridized carbons (Fsp3) is 0.500. The zero-order valence-electron chi connectivity index (χ0n) is 11.3. The first-order valence-electron chi connectivity index (χ1n) is 6.16. The molecule has 0 spiro atoms. The molecule has 0 bridgehead atoms. The fourth-order valence-corrected chi connectivity index (χ4v) is 2.21. The van der Waals surface area contributed by atoms with Gasteiger partial charge in [-0.1, -0.05) is 29.8 Å². The van der Waals surface area contributed by atoms with Crippen LogP contribution in [0.1, 0.15) is 30.5 Å². The number of nitrogens with two attached hydrogens (primary N) is 1. The van der Waals surface area contributed by atoms with Crippen LogP contribution in [0, 0.1) is 6.92 Å². The number of aryl methyl sites for hydroxylation is 1. The van der Waals surface area contributed by atoms with Gasteiger partial charge in [-0.15, -0.1) is 0 Å². The van der Waals surface area contributed by atoms with Crippen LogP contribution in [0.15, 0.2) is 24.3 Å². The van der Waals surface area contributed by atoms with Gasteiger partial charge in [0.2, 0.25) is 5.91 Å². The zero-order chi connectivity index (χ0) is 13.5. The van der Waals surface area contributed by atoms with Crippen LogP contribution in [0.4, 0.5) is 0 Å². The Morgan fingerprint density at radius 3 is 2.83 bits per heavy atom. The van der Waals surface area contributed by atoms with E-state index in [9.17, 15) is 4.79 Å². The van der Waals surface area contributed by atoms with Gasteiger partial charge in [0.15, 0.2) is 0 Å². The highest BCUT2D eigenvalue weighted by atomic mass is 32.2. The molecule has 100 valence electrons. The van der Waals surface area contributed by atoms with Gasteiger partial charge in [0.1, 0.15) is 0 Å². The lowest BCUT2D eigenvalue weighted by Crippen LogP contribution is -2.41.